The average Bonchev–Trinajstić information content (AvgIpc) is 2.18. The lowest BCUT2D eigenvalue weighted by molar-refractivity contribution is -0.136. The number of esters is 1. The first-order chi connectivity index (χ1) is 6.81. The van der Waals surface area contributed by atoms with Gasteiger partial charge in [-0.1, -0.05) is 36.5 Å². The Morgan fingerprint density at radius 1 is 1.07 bits per heavy atom. The molecule has 0 amide bonds. The summed E-state index contributed by atoms with van der Waals surface area (Å²) in [7, 11) is 0. The van der Waals surface area contributed by atoms with E-state index in [0.717, 1.165) is 0 Å². The smallest absolute Gasteiger partial charge is 0.331 e. The van der Waals surface area contributed by atoms with Crippen LogP contribution in [0.5, 0.6) is 0 Å². The monoisotopic (exact) mass is 192 g/mol. The van der Waals surface area contributed by atoms with Gasteiger partial charge in [0.1, 0.15) is 6.61 Å². The van der Waals surface area contributed by atoms with Crippen LogP contribution in [0.25, 0.3) is 0 Å². The van der Waals surface area contributed by atoms with Crippen molar-refractivity contribution in [2.24, 2.45) is 0 Å². The van der Waals surface area contributed by atoms with Gasteiger partial charge >= 0.3 is 5.97 Å². The van der Waals surface area contributed by atoms with Gasteiger partial charge in [-0.3, -0.25) is 0 Å². The topological polar surface area (TPSA) is 26.3 Å². The molecule has 0 bridgehead atoms. The first-order valence-corrected chi connectivity index (χ1v) is 4.55. The zero-order valence-electron chi connectivity index (χ0n) is 8.64. The molecule has 0 heterocycles. The van der Waals surface area contributed by atoms with Gasteiger partial charge in [0.2, 0.25) is 0 Å². The van der Waals surface area contributed by atoms with Gasteiger partial charge in [0, 0.05) is 6.08 Å². The number of ether oxygens (including phenoxy) is 1. The summed E-state index contributed by atoms with van der Waals surface area (Å²) >= 11 is 0. The molecular weight excluding hydrogens is 176 g/mol. The van der Waals surface area contributed by atoms with Crippen LogP contribution in [0.1, 0.15) is 13.8 Å². The minimum Gasteiger partial charge on any atom is -0.458 e. The summed E-state index contributed by atoms with van der Waals surface area (Å²) in [5, 5.41) is 0. The highest BCUT2D eigenvalue weighted by molar-refractivity contribution is 5.82. The van der Waals surface area contributed by atoms with Gasteiger partial charge < -0.3 is 4.74 Å². The zero-order valence-corrected chi connectivity index (χ0v) is 8.64. The molecule has 76 valence electrons. The van der Waals surface area contributed by atoms with Crippen molar-refractivity contribution in [1.29, 1.82) is 0 Å². The molecule has 0 saturated carbocycles. The van der Waals surface area contributed by atoms with Crippen molar-refractivity contribution in [3.63, 3.8) is 0 Å². The predicted octanol–water partition coefficient (Wildman–Crippen LogP) is 2.79. The van der Waals surface area contributed by atoms with Gasteiger partial charge in [-0.05, 0) is 19.9 Å². The molecule has 0 aromatic heterocycles. The molecule has 0 atom stereocenters. The summed E-state index contributed by atoms with van der Waals surface area (Å²) in [6.45, 7) is 4.12. The van der Waals surface area contributed by atoms with Crippen LogP contribution in [0.3, 0.4) is 0 Å². The lowest BCUT2D eigenvalue weighted by Gasteiger charge is -1.94. The standard InChI is InChI=1S/C12H16O2/c1-3-5-7-9-11-14-12(13)10-8-6-4-2/h3-10H,11H2,1-2H3/b5-3+,6-4+,9-7+,10-8+. The van der Waals surface area contributed by atoms with Crippen LogP contribution in [-0.4, -0.2) is 12.6 Å². The first kappa shape index (κ1) is 12.4. The normalized spacial score (nSPS) is 12.4. The van der Waals surface area contributed by atoms with Crippen molar-refractivity contribution >= 4 is 5.97 Å². The molecule has 2 nitrogen and oxygen atoms in total. The van der Waals surface area contributed by atoms with Crippen molar-refractivity contribution in [1.82, 2.24) is 0 Å². The van der Waals surface area contributed by atoms with Crippen molar-refractivity contribution in [2.45, 2.75) is 13.8 Å². The van der Waals surface area contributed by atoms with Gasteiger partial charge in [0.15, 0.2) is 0 Å². The summed E-state index contributed by atoms with van der Waals surface area (Å²) in [5.74, 6) is -0.326. The van der Waals surface area contributed by atoms with Crippen molar-refractivity contribution < 1.29 is 9.53 Å². The summed E-state index contributed by atoms with van der Waals surface area (Å²) in [5.41, 5.74) is 0. The van der Waals surface area contributed by atoms with Crippen molar-refractivity contribution in [2.75, 3.05) is 6.61 Å². The first-order valence-electron chi connectivity index (χ1n) is 4.55. The third-order valence-electron chi connectivity index (χ3n) is 1.30. The van der Waals surface area contributed by atoms with E-state index in [4.69, 9.17) is 4.74 Å². The molecule has 0 saturated heterocycles. The molecule has 0 aromatic rings. The van der Waals surface area contributed by atoms with Crippen molar-refractivity contribution in [3.05, 3.63) is 48.6 Å². The van der Waals surface area contributed by atoms with E-state index in [9.17, 15) is 4.79 Å². The van der Waals surface area contributed by atoms with Crippen LogP contribution in [0, 0.1) is 0 Å². The Balaban J connectivity index is 3.64. The van der Waals surface area contributed by atoms with Crippen LogP contribution >= 0.6 is 0 Å². The van der Waals surface area contributed by atoms with E-state index < -0.39 is 0 Å². The molecule has 0 aliphatic carbocycles. The Morgan fingerprint density at radius 3 is 2.36 bits per heavy atom. The van der Waals surface area contributed by atoms with E-state index in [-0.39, 0.29) is 5.97 Å². The quantitative estimate of drug-likeness (QED) is 0.380. The van der Waals surface area contributed by atoms with Gasteiger partial charge in [-0.15, -0.1) is 0 Å². The molecule has 0 spiro atoms. The third-order valence-corrected chi connectivity index (χ3v) is 1.30. The Labute approximate surface area is 85.3 Å². The maximum Gasteiger partial charge on any atom is 0.331 e. The number of carbonyl (C=O) groups excluding carboxylic acids is 1. The summed E-state index contributed by atoms with van der Waals surface area (Å²) in [4.78, 5) is 11.0. The minimum atomic E-state index is -0.326. The van der Waals surface area contributed by atoms with E-state index in [1.165, 1.54) is 6.08 Å². The number of carbonyl (C=O) groups is 1. The van der Waals surface area contributed by atoms with E-state index in [2.05, 4.69) is 0 Å². The van der Waals surface area contributed by atoms with Crippen LogP contribution in [0.4, 0.5) is 0 Å². The highest BCUT2D eigenvalue weighted by Gasteiger charge is 1.90. The highest BCUT2D eigenvalue weighted by Crippen LogP contribution is 1.85. The second-order valence-electron chi connectivity index (χ2n) is 2.47. The Kier molecular flexibility index (Phi) is 8.45. The lowest BCUT2D eigenvalue weighted by atomic mass is 10.4. The number of hydrogen-bond donors (Lipinski definition) is 0. The van der Waals surface area contributed by atoms with Gasteiger partial charge in [0.25, 0.3) is 0 Å². The molecule has 0 rings (SSSR count). The molecule has 14 heavy (non-hydrogen) atoms. The zero-order chi connectivity index (χ0) is 10.6. The fraction of sp³-hybridized carbons (Fsp3) is 0.250. The lowest BCUT2D eigenvalue weighted by Crippen LogP contribution is -1.99. The molecule has 0 N–H and O–H groups in total. The molecule has 0 radical (unpaired) electrons. The Hall–Kier alpha value is -1.57. The van der Waals surface area contributed by atoms with E-state index in [1.807, 2.05) is 38.2 Å². The average molecular weight is 192 g/mol. The fourth-order valence-electron chi connectivity index (χ4n) is 0.669. The highest BCUT2D eigenvalue weighted by atomic mass is 16.5. The maximum atomic E-state index is 11.0. The summed E-state index contributed by atoms with van der Waals surface area (Å²) in [6.07, 6.45) is 14.1. The second kappa shape index (κ2) is 9.52. The SMILES string of the molecule is C/C=C/C=C/COC(=O)/C=C/C=C/C. The van der Waals surface area contributed by atoms with Crippen LogP contribution in [-0.2, 0) is 9.53 Å². The molecule has 0 unspecified atom stereocenters. The summed E-state index contributed by atoms with van der Waals surface area (Å²) in [6, 6.07) is 0. The predicted molar refractivity (Wildman–Crippen MR) is 58.9 cm³/mol. The molecule has 0 fully saturated rings. The van der Waals surface area contributed by atoms with E-state index in [0.29, 0.717) is 6.61 Å². The largest absolute Gasteiger partial charge is 0.458 e. The fourth-order valence-corrected chi connectivity index (χ4v) is 0.669. The van der Waals surface area contributed by atoms with E-state index in [1.54, 1.807) is 18.2 Å². The number of allylic oxidation sites excluding steroid dienone is 6. The van der Waals surface area contributed by atoms with Crippen LogP contribution in [0.2, 0.25) is 0 Å². The van der Waals surface area contributed by atoms with Crippen LogP contribution < -0.4 is 0 Å². The van der Waals surface area contributed by atoms with Gasteiger partial charge in [-0.25, -0.2) is 4.79 Å². The molecular formula is C12H16O2. The van der Waals surface area contributed by atoms with Gasteiger partial charge in [-0.2, -0.15) is 0 Å². The number of rotatable bonds is 5. The third kappa shape index (κ3) is 8.53. The Morgan fingerprint density at radius 2 is 1.71 bits per heavy atom. The molecule has 0 aliphatic rings. The molecule has 0 aromatic carbocycles. The van der Waals surface area contributed by atoms with Crippen molar-refractivity contribution in [3.8, 4) is 0 Å². The maximum absolute atomic E-state index is 11.0. The second-order valence-corrected chi connectivity index (χ2v) is 2.47. The number of hydrogen-bond acceptors (Lipinski definition) is 2. The Bertz CT molecular complexity index is 257. The minimum absolute atomic E-state index is 0.309. The molecule has 2 heteroatoms. The summed E-state index contributed by atoms with van der Waals surface area (Å²) < 4.78 is 4.85. The van der Waals surface area contributed by atoms with E-state index >= 15 is 0 Å². The van der Waals surface area contributed by atoms with Gasteiger partial charge in [0.05, 0.1) is 0 Å². The van der Waals surface area contributed by atoms with Crippen LogP contribution in [0.15, 0.2) is 48.6 Å². The molecule has 0 aliphatic heterocycles.